The minimum absolute atomic E-state index is 0.0936. The van der Waals surface area contributed by atoms with Crippen LogP contribution in [0.1, 0.15) is 25.8 Å². The van der Waals surface area contributed by atoms with Crippen LogP contribution in [0.4, 0.5) is 0 Å². The molecule has 110 valence electrons. The highest BCUT2D eigenvalue weighted by molar-refractivity contribution is 5.25. The van der Waals surface area contributed by atoms with Gasteiger partial charge in [0.1, 0.15) is 0 Å². The summed E-state index contributed by atoms with van der Waals surface area (Å²) >= 11 is 0. The van der Waals surface area contributed by atoms with Crippen molar-refractivity contribution in [3.05, 3.63) is 35.9 Å². The maximum atomic E-state index is 5.56. The predicted molar refractivity (Wildman–Crippen MR) is 81.8 cm³/mol. The lowest BCUT2D eigenvalue weighted by molar-refractivity contribution is 0.0362. The Morgan fingerprint density at radius 1 is 1.35 bits per heavy atom. The fourth-order valence-electron chi connectivity index (χ4n) is 3.48. The minimum Gasteiger partial charge on any atom is -0.381 e. The molecule has 20 heavy (non-hydrogen) atoms. The summed E-state index contributed by atoms with van der Waals surface area (Å²) in [7, 11) is 0. The zero-order chi connectivity index (χ0) is 14.0. The average molecular weight is 274 g/mol. The van der Waals surface area contributed by atoms with Crippen LogP contribution in [-0.4, -0.2) is 43.8 Å². The summed E-state index contributed by atoms with van der Waals surface area (Å²) in [6.07, 6.45) is 1.21. The van der Waals surface area contributed by atoms with E-state index >= 15 is 0 Å². The van der Waals surface area contributed by atoms with Gasteiger partial charge in [-0.1, -0.05) is 30.3 Å². The number of hydrogen-bond donors (Lipinski definition) is 1. The molecule has 2 saturated heterocycles. The molecule has 0 aliphatic carbocycles. The van der Waals surface area contributed by atoms with Crippen molar-refractivity contribution in [3.63, 3.8) is 0 Å². The molecule has 0 saturated carbocycles. The molecule has 2 fully saturated rings. The maximum absolute atomic E-state index is 5.56. The van der Waals surface area contributed by atoms with Gasteiger partial charge in [-0.25, -0.2) is 0 Å². The molecule has 3 unspecified atom stereocenters. The average Bonchev–Trinajstić information content (AvgIpc) is 2.97. The van der Waals surface area contributed by atoms with E-state index in [1.54, 1.807) is 0 Å². The van der Waals surface area contributed by atoms with E-state index < -0.39 is 0 Å². The number of piperazine rings is 1. The summed E-state index contributed by atoms with van der Waals surface area (Å²) < 4.78 is 5.56. The first-order valence-corrected chi connectivity index (χ1v) is 7.80. The van der Waals surface area contributed by atoms with E-state index in [4.69, 9.17) is 4.74 Å². The summed E-state index contributed by atoms with van der Waals surface area (Å²) in [5, 5.41) is 3.65. The van der Waals surface area contributed by atoms with Gasteiger partial charge in [0.05, 0.1) is 12.1 Å². The third-order valence-electron chi connectivity index (χ3n) is 4.89. The Labute approximate surface area is 122 Å². The van der Waals surface area contributed by atoms with Crippen LogP contribution in [0.25, 0.3) is 0 Å². The number of benzene rings is 1. The highest BCUT2D eigenvalue weighted by atomic mass is 16.5. The third-order valence-corrected chi connectivity index (χ3v) is 4.89. The standard InChI is InChI=1S/C17H26N2O/c1-14-10-19(11-15-8-9-20-12-15)17(2,13-18-14)16-6-4-3-5-7-16/h3-7,14-15,18H,8-13H2,1-2H3. The number of ether oxygens (including phenoxy) is 1. The Bertz CT molecular complexity index is 430. The van der Waals surface area contributed by atoms with Crippen molar-refractivity contribution in [2.75, 3.05) is 32.8 Å². The van der Waals surface area contributed by atoms with E-state index in [0.717, 1.165) is 32.8 Å². The largest absolute Gasteiger partial charge is 0.381 e. The van der Waals surface area contributed by atoms with E-state index in [2.05, 4.69) is 54.4 Å². The molecule has 0 radical (unpaired) electrons. The van der Waals surface area contributed by atoms with Crippen molar-refractivity contribution in [1.82, 2.24) is 10.2 Å². The quantitative estimate of drug-likeness (QED) is 0.915. The van der Waals surface area contributed by atoms with Crippen LogP contribution in [0.5, 0.6) is 0 Å². The Hall–Kier alpha value is -0.900. The number of hydrogen-bond acceptors (Lipinski definition) is 3. The second-order valence-corrected chi connectivity index (χ2v) is 6.56. The maximum Gasteiger partial charge on any atom is 0.0558 e. The van der Waals surface area contributed by atoms with Gasteiger partial charge in [-0.15, -0.1) is 0 Å². The van der Waals surface area contributed by atoms with Crippen molar-refractivity contribution >= 4 is 0 Å². The molecule has 2 heterocycles. The molecule has 0 aromatic heterocycles. The first kappa shape index (κ1) is 14.1. The third kappa shape index (κ3) is 2.76. The molecule has 0 amide bonds. The zero-order valence-corrected chi connectivity index (χ0v) is 12.6. The lowest BCUT2D eigenvalue weighted by Crippen LogP contribution is -2.61. The fourth-order valence-corrected chi connectivity index (χ4v) is 3.48. The summed E-state index contributed by atoms with van der Waals surface area (Å²) in [4.78, 5) is 2.67. The van der Waals surface area contributed by atoms with Gasteiger partial charge in [0.2, 0.25) is 0 Å². The molecular weight excluding hydrogens is 248 g/mol. The number of rotatable bonds is 3. The minimum atomic E-state index is 0.0936. The Kier molecular flexibility index (Phi) is 4.11. The van der Waals surface area contributed by atoms with E-state index in [0.29, 0.717) is 12.0 Å². The first-order chi connectivity index (χ1) is 9.68. The van der Waals surface area contributed by atoms with E-state index in [9.17, 15) is 0 Å². The van der Waals surface area contributed by atoms with Gasteiger partial charge in [0.15, 0.2) is 0 Å². The smallest absolute Gasteiger partial charge is 0.0558 e. The van der Waals surface area contributed by atoms with Gasteiger partial charge >= 0.3 is 0 Å². The van der Waals surface area contributed by atoms with Gasteiger partial charge in [0.25, 0.3) is 0 Å². The van der Waals surface area contributed by atoms with Crippen molar-refractivity contribution in [1.29, 1.82) is 0 Å². The van der Waals surface area contributed by atoms with Gasteiger partial charge in [0, 0.05) is 32.3 Å². The number of nitrogens with one attached hydrogen (secondary N) is 1. The molecule has 2 aliphatic rings. The van der Waals surface area contributed by atoms with Gasteiger partial charge < -0.3 is 10.1 Å². The lowest BCUT2D eigenvalue weighted by atomic mass is 9.86. The highest BCUT2D eigenvalue weighted by Crippen LogP contribution is 2.32. The molecule has 1 N–H and O–H groups in total. The molecule has 1 aromatic rings. The predicted octanol–water partition coefficient (Wildman–Crippen LogP) is 2.23. The molecule has 2 aliphatic heterocycles. The fraction of sp³-hybridized carbons (Fsp3) is 0.647. The van der Waals surface area contributed by atoms with Gasteiger partial charge in [-0.05, 0) is 31.7 Å². The molecule has 0 spiro atoms. The Balaban J connectivity index is 1.81. The van der Waals surface area contributed by atoms with Crippen LogP contribution in [0.3, 0.4) is 0 Å². The normalized spacial score (nSPS) is 35.3. The SMILES string of the molecule is CC1CN(CC2CCOC2)C(C)(c2ccccc2)CN1. The van der Waals surface area contributed by atoms with Crippen LogP contribution in [0, 0.1) is 5.92 Å². The second kappa shape index (κ2) is 5.84. The van der Waals surface area contributed by atoms with E-state index in [1.807, 2.05) is 0 Å². The van der Waals surface area contributed by atoms with E-state index in [-0.39, 0.29) is 5.54 Å². The molecule has 3 heteroatoms. The summed E-state index contributed by atoms with van der Waals surface area (Å²) in [5.41, 5.74) is 1.51. The molecular formula is C17H26N2O. The monoisotopic (exact) mass is 274 g/mol. The zero-order valence-electron chi connectivity index (χ0n) is 12.6. The Morgan fingerprint density at radius 2 is 2.15 bits per heavy atom. The van der Waals surface area contributed by atoms with Crippen molar-refractivity contribution < 1.29 is 4.74 Å². The molecule has 3 rings (SSSR count). The second-order valence-electron chi connectivity index (χ2n) is 6.56. The molecule has 0 bridgehead atoms. The summed E-state index contributed by atoms with van der Waals surface area (Å²) in [6, 6.07) is 11.5. The molecule has 3 nitrogen and oxygen atoms in total. The van der Waals surface area contributed by atoms with Crippen LogP contribution >= 0.6 is 0 Å². The molecule has 3 atom stereocenters. The lowest BCUT2D eigenvalue weighted by Gasteiger charge is -2.48. The highest BCUT2D eigenvalue weighted by Gasteiger charge is 2.39. The first-order valence-electron chi connectivity index (χ1n) is 7.80. The Morgan fingerprint density at radius 3 is 2.85 bits per heavy atom. The molecule has 1 aromatic carbocycles. The van der Waals surface area contributed by atoms with Crippen LogP contribution in [0.15, 0.2) is 30.3 Å². The summed E-state index contributed by atoms with van der Waals surface area (Å²) in [5.74, 6) is 0.698. The van der Waals surface area contributed by atoms with Crippen molar-refractivity contribution in [2.24, 2.45) is 5.92 Å². The topological polar surface area (TPSA) is 24.5 Å². The van der Waals surface area contributed by atoms with Crippen molar-refractivity contribution in [3.8, 4) is 0 Å². The van der Waals surface area contributed by atoms with Crippen molar-refractivity contribution in [2.45, 2.75) is 31.8 Å². The van der Waals surface area contributed by atoms with Crippen LogP contribution < -0.4 is 5.32 Å². The van der Waals surface area contributed by atoms with Crippen LogP contribution in [-0.2, 0) is 10.3 Å². The number of nitrogens with zero attached hydrogens (tertiary/aromatic N) is 1. The van der Waals surface area contributed by atoms with Gasteiger partial charge in [-0.3, -0.25) is 4.90 Å². The van der Waals surface area contributed by atoms with Crippen LogP contribution in [0.2, 0.25) is 0 Å². The van der Waals surface area contributed by atoms with E-state index in [1.165, 1.54) is 12.0 Å². The van der Waals surface area contributed by atoms with Gasteiger partial charge in [-0.2, -0.15) is 0 Å². The summed E-state index contributed by atoms with van der Waals surface area (Å²) in [6.45, 7) is 9.81.